The molecule has 116 valence electrons. The topological polar surface area (TPSA) is 81.3 Å². The van der Waals surface area contributed by atoms with Crippen LogP contribution in [0.25, 0.3) is 10.9 Å². The molecule has 22 heavy (non-hydrogen) atoms. The predicted molar refractivity (Wildman–Crippen MR) is 80.2 cm³/mol. The molecule has 1 aromatic heterocycles. The number of nitrogens with zero attached hydrogens (tertiary/aromatic N) is 3. The third-order valence-corrected chi connectivity index (χ3v) is 4.08. The SMILES string of the molecule is COc1cc2c(N3CCC(C(N)=O)CC3)ncnc2cc1F. The summed E-state index contributed by atoms with van der Waals surface area (Å²) >= 11 is 0. The van der Waals surface area contributed by atoms with E-state index < -0.39 is 5.82 Å². The second-order valence-corrected chi connectivity index (χ2v) is 5.36. The molecular formula is C15H17FN4O2. The number of aromatic nitrogens is 2. The zero-order valence-electron chi connectivity index (χ0n) is 12.3. The third-order valence-electron chi connectivity index (χ3n) is 4.08. The summed E-state index contributed by atoms with van der Waals surface area (Å²) in [5, 5.41) is 0.735. The van der Waals surface area contributed by atoms with Gasteiger partial charge in [0.2, 0.25) is 5.91 Å². The minimum Gasteiger partial charge on any atom is -0.494 e. The molecule has 0 aliphatic carbocycles. The number of halogens is 1. The molecule has 7 heteroatoms. The van der Waals surface area contributed by atoms with Crippen LogP contribution in [0.1, 0.15) is 12.8 Å². The number of carbonyl (C=O) groups is 1. The Balaban J connectivity index is 1.96. The number of amides is 1. The number of nitrogens with two attached hydrogens (primary N) is 1. The Labute approximate surface area is 127 Å². The summed E-state index contributed by atoms with van der Waals surface area (Å²) in [6, 6.07) is 2.95. The van der Waals surface area contributed by atoms with Crippen LogP contribution in [0.4, 0.5) is 10.2 Å². The minimum atomic E-state index is -0.452. The number of fused-ring (bicyclic) bond motifs is 1. The van der Waals surface area contributed by atoms with Gasteiger partial charge in [-0.3, -0.25) is 4.79 Å². The molecule has 1 aliphatic rings. The summed E-state index contributed by atoms with van der Waals surface area (Å²) < 4.78 is 18.8. The fourth-order valence-corrected chi connectivity index (χ4v) is 2.83. The Hall–Kier alpha value is -2.44. The highest BCUT2D eigenvalue weighted by Crippen LogP contribution is 2.31. The van der Waals surface area contributed by atoms with Gasteiger partial charge in [-0.1, -0.05) is 0 Å². The van der Waals surface area contributed by atoms with Crippen LogP contribution in [0.2, 0.25) is 0 Å². The van der Waals surface area contributed by atoms with Crippen molar-refractivity contribution in [1.82, 2.24) is 9.97 Å². The van der Waals surface area contributed by atoms with Crippen LogP contribution < -0.4 is 15.4 Å². The number of hydrogen-bond donors (Lipinski definition) is 1. The van der Waals surface area contributed by atoms with Gasteiger partial charge in [-0.05, 0) is 18.9 Å². The predicted octanol–water partition coefficient (Wildman–Crippen LogP) is 1.48. The van der Waals surface area contributed by atoms with Gasteiger partial charge in [0, 0.05) is 30.5 Å². The van der Waals surface area contributed by atoms with E-state index in [0.717, 1.165) is 11.2 Å². The number of carbonyl (C=O) groups excluding carboxylic acids is 1. The standard InChI is InChI=1S/C15H17FN4O2/c1-22-13-6-10-12(7-11(13)16)18-8-19-15(10)20-4-2-9(3-5-20)14(17)21/h6-9H,2-5H2,1H3,(H2,17,21). The fraction of sp³-hybridized carbons (Fsp3) is 0.400. The first-order chi connectivity index (χ1) is 10.6. The number of primary amides is 1. The van der Waals surface area contributed by atoms with Gasteiger partial charge in [0.15, 0.2) is 11.6 Å². The van der Waals surface area contributed by atoms with Crippen molar-refractivity contribution in [2.75, 3.05) is 25.1 Å². The van der Waals surface area contributed by atoms with E-state index in [-0.39, 0.29) is 17.6 Å². The van der Waals surface area contributed by atoms with E-state index in [1.807, 2.05) is 0 Å². The van der Waals surface area contributed by atoms with E-state index in [1.165, 1.54) is 19.5 Å². The van der Waals surface area contributed by atoms with Gasteiger partial charge in [0.1, 0.15) is 12.1 Å². The zero-order chi connectivity index (χ0) is 15.7. The number of benzene rings is 1. The monoisotopic (exact) mass is 304 g/mol. The zero-order valence-corrected chi connectivity index (χ0v) is 12.3. The number of piperidine rings is 1. The molecule has 0 unspecified atom stereocenters. The van der Waals surface area contributed by atoms with Crippen LogP contribution in [0, 0.1) is 11.7 Å². The first kappa shape index (κ1) is 14.5. The van der Waals surface area contributed by atoms with E-state index >= 15 is 0 Å². The highest BCUT2D eigenvalue weighted by atomic mass is 19.1. The van der Waals surface area contributed by atoms with Gasteiger partial charge in [0.05, 0.1) is 12.6 Å². The van der Waals surface area contributed by atoms with Gasteiger partial charge < -0.3 is 15.4 Å². The summed E-state index contributed by atoms with van der Waals surface area (Å²) in [6.07, 6.45) is 2.81. The molecule has 3 rings (SSSR count). The third kappa shape index (κ3) is 2.54. The molecule has 0 radical (unpaired) electrons. The molecule has 6 nitrogen and oxygen atoms in total. The van der Waals surface area contributed by atoms with Crippen LogP contribution in [0.3, 0.4) is 0 Å². The normalized spacial score (nSPS) is 16.0. The van der Waals surface area contributed by atoms with Crippen LogP contribution in [-0.2, 0) is 4.79 Å². The highest BCUT2D eigenvalue weighted by molar-refractivity contribution is 5.90. The van der Waals surface area contributed by atoms with Crippen molar-refractivity contribution in [3.8, 4) is 5.75 Å². The molecule has 0 saturated carbocycles. The molecule has 2 aromatic rings. The Bertz CT molecular complexity index is 714. The van der Waals surface area contributed by atoms with E-state index in [2.05, 4.69) is 14.9 Å². The maximum absolute atomic E-state index is 13.8. The number of anilines is 1. The molecule has 1 amide bonds. The average molecular weight is 304 g/mol. The van der Waals surface area contributed by atoms with Crippen molar-refractivity contribution in [2.24, 2.45) is 11.7 Å². The Morgan fingerprint density at radius 1 is 1.36 bits per heavy atom. The molecule has 1 saturated heterocycles. The van der Waals surface area contributed by atoms with Gasteiger partial charge in [-0.2, -0.15) is 0 Å². The molecule has 2 heterocycles. The molecule has 0 spiro atoms. The molecule has 1 aromatic carbocycles. The maximum atomic E-state index is 13.8. The van der Waals surface area contributed by atoms with Crippen molar-refractivity contribution >= 4 is 22.6 Å². The van der Waals surface area contributed by atoms with Crippen LogP contribution in [0.15, 0.2) is 18.5 Å². The highest BCUT2D eigenvalue weighted by Gasteiger charge is 2.25. The van der Waals surface area contributed by atoms with Crippen LogP contribution >= 0.6 is 0 Å². The molecule has 1 fully saturated rings. The summed E-state index contributed by atoms with van der Waals surface area (Å²) in [5.74, 6) is 0.0983. The van der Waals surface area contributed by atoms with E-state index in [9.17, 15) is 9.18 Å². The fourth-order valence-electron chi connectivity index (χ4n) is 2.83. The van der Waals surface area contributed by atoms with Crippen LogP contribution in [0.5, 0.6) is 5.75 Å². The minimum absolute atomic E-state index is 0.0867. The van der Waals surface area contributed by atoms with Crippen molar-refractivity contribution < 1.29 is 13.9 Å². The summed E-state index contributed by atoms with van der Waals surface area (Å²) in [7, 11) is 1.42. The smallest absolute Gasteiger partial charge is 0.220 e. The van der Waals surface area contributed by atoms with Crippen molar-refractivity contribution in [2.45, 2.75) is 12.8 Å². The van der Waals surface area contributed by atoms with E-state index in [0.29, 0.717) is 31.4 Å². The summed E-state index contributed by atoms with van der Waals surface area (Å²) in [4.78, 5) is 21.8. The average Bonchev–Trinajstić information content (AvgIpc) is 2.53. The van der Waals surface area contributed by atoms with Crippen molar-refractivity contribution in [3.63, 3.8) is 0 Å². The van der Waals surface area contributed by atoms with Gasteiger partial charge in [0.25, 0.3) is 0 Å². The quantitative estimate of drug-likeness (QED) is 0.929. The van der Waals surface area contributed by atoms with E-state index in [1.54, 1.807) is 6.07 Å². The number of rotatable bonds is 3. The van der Waals surface area contributed by atoms with Gasteiger partial charge in [-0.25, -0.2) is 14.4 Å². The lowest BCUT2D eigenvalue weighted by atomic mass is 9.96. The lowest BCUT2D eigenvalue weighted by Crippen LogP contribution is -2.39. The molecular weight excluding hydrogens is 287 g/mol. The summed E-state index contributed by atoms with van der Waals surface area (Å²) in [5.41, 5.74) is 5.88. The second-order valence-electron chi connectivity index (χ2n) is 5.36. The molecule has 0 atom stereocenters. The van der Waals surface area contributed by atoms with Crippen LogP contribution in [-0.4, -0.2) is 36.1 Å². The lowest BCUT2D eigenvalue weighted by Gasteiger charge is -2.32. The number of hydrogen-bond acceptors (Lipinski definition) is 5. The Morgan fingerprint density at radius 2 is 2.09 bits per heavy atom. The van der Waals surface area contributed by atoms with Crippen molar-refractivity contribution in [3.05, 3.63) is 24.3 Å². The first-order valence-electron chi connectivity index (χ1n) is 7.12. The van der Waals surface area contributed by atoms with Crippen molar-refractivity contribution in [1.29, 1.82) is 0 Å². The first-order valence-corrected chi connectivity index (χ1v) is 7.12. The number of methoxy groups -OCH3 is 1. The number of ether oxygens (including phenoxy) is 1. The van der Waals surface area contributed by atoms with E-state index in [4.69, 9.17) is 10.5 Å². The van der Waals surface area contributed by atoms with Gasteiger partial charge in [-0.15, -0.1) is 0 Å². The lowest BCUT2D eigenvalue weighted by molar-refractivity contribution is -0.122. The molecule has 1 aliphatic heterocycles. The summed E-state index contributed by atoms with van der Waals surface area (Å²) in [6.45, 7) is 1.36. The van der Waals surface area contributed by atoms with Gasteiger partial charge >= 0.3 is 0 Å². The largest absolute Gasteiger partial charge is 0.494 e. The maximum Gasteiger partial charge on any atom is 0.220 e. The second kappa shape index (κ2) is 5.75. The Morgan fingerprint density at radius 3 is 2.73 bits per heavy atom. The Kier molecular flexibility index (Phi) is 3.79. The molecule has 0 bridgehead atoms. The molecule has 2 N–H and O–H groups in total.